The minimum absolute atomic E-state index is 0.0105. The van der Waals surface area contributed by atoms with Crippen LogP contribution in [0.25, 0.3) is 0 Å². The third kappa shape index (κ3) is 2.55. The van der Waals surface area contributed by atoms with E-state index in [9.17, 15) is 18.0 Å². The molecule has 25 heavy (non-hydrogen) atoms. The molecule has 1 aromatic rings. The predicted octanol–water partition coefficient (Wildman–Crippen LogP) is 3.50. The van der Waals surface area contributed by atoms with E-state index in [1.54, 1.807) is 0 Å². The van der Waals surface area contributed by atoms with Crippen LogP contribution in [0.4, 0.5) is 18.9 Å². The fourth-order valence-corrected chi connectivity index (χ4v) is 3.06. The zero-order valence-electron chi connectivity index (χ0n) is 13.4. The lowest BCUT2D eigenvalue weighted by Crippen LogP contribution is -2.45. The van der Waals surface area contributed by atoms with Gasteiger partial charge in [-0.05, 0) is 43.9 Å². The van der Waals surface area contributed by atoms with Crippen molar-refractivity contribution in [3.63, 3.8) is 0 Å². The number of carbonyl (C=O) groups is 1. The largest absolute Gasteiger partial charge is 0.454 e. The number of hydrogen-bond donors (Lipinski definition) is 1. The van der Waals surface area contributed by atoms with Gasteiger partial charge in [0.05, 0.1) is 11.3 Å². The van der Waals surface area contributed by atoms with Gasteiger partial charge in [0.25, 0.3) is 5.91 Å². The van der Waals surface area contributed by atoms with Crippen molar-refractivity contribution in [1.29, 1.82) is 0 Å². The topological polar surface area (TPSA) is 56.8 Å². The normalized spacial score (nSPS) is 28.6. The molecule has 1 aliphatic carbocycles. The van der Waals surface area contributed by atoms with E-state index in [0.717, 1.165) is 18.9 Å². The van der Waals surface area contributed by atoms with Crippen molar-refractivity contribution in [1.82, 2.24) is 0 Å². The molecule has 1 amide bonds. The summed E-state index contributed by atoms with van der Waals surface area (Å²) in [5.41, 5.74) is -3.05. The lowest BCUT2D eigenvalue weighted by molar-refractivity contribution is -0.271. The van der Waals surface area contributed by atoms with Crippen LogP contribution in [0.5, 0.6) is 11.5 Å². The van der Waals surface area contributed by atoms with Crippen molar-refractivity contribution in [2.45, 2.75) is 37.6 Å². The molecular formula is C17H16F3NO4. The minimum Gasteiger partial charge on any atom is -0.454 e. The van der Waals surface area contributed by atoms with E-state index in [-0.39, 0.29) is 35.5 Å². The van der Waals surface area contributed by atoms with Gasteiger partial charge < -0.3 is 19.5 Å². The molecular weight excluding hydrogens is 339 g/mol. The average Bonchev–Trinajstić information content (AvgIpc) is 3.26. The number of benzene rings is 1. The van der Waals surface area contributed by atoms with E-state index in [1.807, 2.05) is 0 Å². The average molecular weight is 355 g/mol. The van der Waals surface area contributed by atoms with Crippen molar-refractivity contribution >= 4 is 11.6 Å². The molecule has 0 unspecified atom stereocenters. The molecule has 0 aromatic heterocycles. The Balaban J connectivity index is 1.98. The maximum atomic E-state index is 14.3. The summed E-state index contributed by atoms with van der Waals surface area (Å²) in [6.07, 6.45) is -1.88. The molecule has 4 rings (SSSR count). The van der Waals surface area contributed by atoms with Crippen molar-refractivity contribution in [3.8, 4) is 11.5 Å². The van der Waals surface area contributed by atoms with Crippen LogP contribution in [0.3, 0.4) is 0 Å². The number of carbonyl (C=O) groups excluding carboxylic acids is 1. The molecule has 1 fully saturated rings. The summed E-state index contributed by atoms with van der Waals surface area (Å²) in [6, 6.07) is 2.86. The standard InChI is InChI=1S/C17H16F3NO4/c1-9-15(22)21-11-4-5-12-14(24-8-23-12)13(11)16(25-9,17(18,19)20)7-6-10-2-3-10/h4-7,9-10H,2-3,8H2,1H3,(H,21,22)/t9-,16-/m0/s1. The molecule has 2 heterocycles. The SMILES string of the molecule is C[C@@H]1O[C@](C=CC2CC2)(C(F)(F)F)c2c(ccc3c2OCO3)NC1=O. The van der Waals surface area contributed by atoms with Crippen molar-refractivity contribution in [2.24, 2.45) is 5.92 Å². The Morgan fingerprint density at radius 3 is 2.72 bits per heavy atom. The second-order valence-electron chi connectivity index (χ2n) is 6.40. The number of fused-ring (bicyclic) bond motifs is 3. The Morgan fingerprint density at radius 1 is 1.28 bits per heavy atom. The van der Waals surface area contributed by atoms with E-state index in [0.29, 0.717) is 0 Å². The first kappa shape index (κ1) is 16.3. The number of halogens is 3. The molecule has 2 aliphatic heterocycles. The fourth-order valence-electron chi connectivity index (χ4n) is 3.06. The molecule has 1 N–H and O–H groups in total. The number of ether oxygens (including phenoxy) is 3. The monoisotopic (exact) mass is 355 g/mol. The number of rotatable bonds is 2. The molecule has 0 spiro atoms. The highest BCUT2D eigenvalue weighted by Crippen LogP contribution is 2.55. The maximum Gasteiger partial charge on any atom is 0.425 e. The predicted molar refractivity (Wildman–Crippen MR) is 81.3 cm³/mol. The summed E-state index contributed by atoms with van der Waals surface area (Å²) >= 11 is 0. The van der Waals surface area contributed by atoms with Crippen LogP contribution in [0.2, 0.25) is 0 Å². The van der Waals surface area contributed by atoms with Gasteiger partial charge in [0.2, 0.25) is 12.4 Å². The van der Waals surface area contributed by atoms with Crippen LogP contribution in [0.15, 0.2) is 24.3 Å². The molecule has 2 atom stereocenters. The number of nitrogens with one attached hydrogen (secondary N) is 1. The molecule has 5 nitrogen and oxygen atoms in total. The van der Waals surface area contributed by atoms with Gasteiger partial charge in [-0.2, -0.15) is 13.2 Å². The lowest BCUT2D eigenvalue weighted by atomic mass is 9.89. The third-order valence-electron chi connectivity index (χ3n) is 4.55. The number of anilines is 1. The van der Waals surface area contributed by atoms with E-state index in [2.05, 4.69) is 5.32 Å². The van der Waals surface area contributed by atoms with Gasteiger partial charge >= 0.3 is 6.18 Å². The van der Waals surface area contributed by atoms with Gasteiger partial charge in [0.15, 0.2) is 11.5 Å². The first-order valence-corrected chi connectivity index (χ1v) is 8.00. The van der Waals surface area contributed by atoms with Crippen molar-refractivity contribution in [2.75, 3.05) is 12.1 Å². The van der Waals surface area contributed by atoms with Crippen LogP contribution in [-0.2, 0) is 15.1 Å². The number of alkyl halides is 3. The van der Waals surface area contributed by atoms with Gasteiger partial charge in [0.1, 0.15) is 6.10 Å². The first-order chi connectivity index (χ1) is 11.8. The van der Waals surface area contributed by atoms with Gasteiger partial charge in [-0.15, -0.1) is 0 Å². The van der Waals surface area contributed by atoms with Crippen LogP contribution in [-0.4, -0.2) is 25.0 Å². The van der Waals surface area contributed by atoms with Crippen LogP contribution in [0.1, 0.15) is 25.3 Å². The summed E-state index contributed by atoms with van der Waals surface area (Å²) < 4.78 is 58.7. The molecule has 134 valence electrons. The Hall–Kier alpha value is -2.22. The molecule has 1 aromatic carbocycles. The van der Waals surface area contributed by atoms with E-state index in [4.69, 9.17) is 14.2 Å². The zero-order valence-corrected chi connectivity index (χ0v) is 13.4. The molecule has 0 saturated heterocycles. The zero-order chi connectivity index (χ0) is 17.8. The van der Waals surface area contributed by atoms with E-state index in [1.165, 1.54) is 25.1 Å². The third-order valence-corrected chi connectivity index (χ3v) is 4.55. The summed E-state index contributed by atoms with van der Waals surface area (Å²) in [4.78, 5) is 12.1. The van der Waals surface area contributed by atoms with Crippen LogP contribution in [0, 0.1) is 5.92 Å². The Kier molecular flexibility index (Phi) is 3.50. The van der Waals surface area contributed by atoms with Crippen molar-refractivity contribution < 1.29 is 32.2 Å². The van der Waals surface area contributed by atoms with Gasteiger partial charge in [-0.1, -0.05) is 6.08 Å². The first-order valence-electron chi connectivity index (χ1n) is 8.00. The highest BCUT2D eigenvalue weighted by atomic mass is 19.4. The summed E-state index contributed by atoms with van der Waals surface area (Å²) in [5, 5.41) is 2.50. The second-order valence-corrected chi connectivity index (χ2v) is 6.40. The fraction of sp³-hybridized carbons (Fsp3) is 0.471. The Morgan fingerprint density at radius 2 is 2.04 bits per heavy atom. The summed E-state index contributed by atoms with van der Waals surface area (Å²) in [5.74, 6) is -0.405. The van der Waals surface area contributed by atoms with Crippen LogP contribution < -0.4 is 14.8 Å². The lowest BCUT2D eigenvalue weighted by Gasteiger charge is -2.34. The van der Waals surface area contributed by atoms with E-state index >= 15 is 0 Å². The Labute approximate surface area is 141 Å². The highest BCUT2D eigenvalue weighted by Gasteiger charge is 2.61. The Bertz CT molecular complexity index is 757. The molecule has 8 heteroatoms. The maximum absolute atomic E-state index is 14.3. The molecule has 0 radical (unpaired) electrons. The van der Waals surface area contributed by atoms with Crippen molar-refractivity contribution in [3.05, 3.63) is 29.8 Å². The minimum atomic E-state index is -4.80. The van der Waals surface area contributed by atoms with E-state index < -0.39 is 23.8 Å². The van der Waals surface area contributed by atoms with Gasteiger partial charge in [-0.3, -0.25) is 4.79 Å². The number of allylic oxidation sites excluding steroid dienone is 1. The summed E-state index contributed by atoms with van der Waals surface area (Å²) in [6.45, 7) is 1.11. The second kappa shape index (κ2) is 5.39. The van der Waals surface area contributed by atoms with Crippen LogP contribution >= 0.6 is 0 Å². The molecule has 1 saturated carbocycles. The molecule has 0 bridgehead atoms. The summed E-state index contributed by atoms with van der Waals surface area (Å²) in [7, 11) is 0. The molecule has 3 aliphatic rings. The van der Waals surface area contributed by atoms with Gasteiger partial charge in [-0.25, -0.2) is 0 Å². The number of hydrogen-bond acceptors (Lipinski definition) is 4. The highest BCUT2D eigenvalue weighted by molar-refractivity contribution is 5.96. The quantitative estimate of drug-likeness (QED) is 0.825. The smallest absolute Gasteiger partial charge is 0.425 e. The van der Waals surface area contributed by atoms with Gasteiger partial charge in [0, 0.05) is 0 Å². The number of amides is 1.